The van der Waals surface area contributed by atoms with Crippen molar-refractivity contribution in [2.45, 2.75) is 23.0 Å². The van der Waals surface area contributed by atoms with Crippen molar-refractivity contribution >= 4 is 33.6 Å². The number of aromatic nitrogens is 2. The molecular weight excluding hydrogens is 424 g/mol. The molecule has 0 bridgehead atoms. The molecule has 1 aliphatic rings. The average Bonchev–Trinajstić information content (AvgIpc) is 2.84. The van der Waals surface area contributed by atoms with Gasteiger partial charge in [0.2, 0.25) is 5.95 Å². The molecule has 1 aromatic heterocycles. The summed E-state index contributed by atoms with van der Waals surface area (Å²) in [5.41, 5.74) is 2.61. The van der Waals surface area contributed by atoms with Gasteiger partial charge in [-0.25, -0.2) is 18.4 Å². The molecule has 0 unspecified atom stereocenters. The average molecular weight is 451 g/mol. The van der Waals surface area contributed by atoms with Gasteiger partial charge in [0.05, 0.1) is 17.3 Å². The molecule has 0 amide bonds. The number of methoxy groups -OCH3 is 1. The Morgan fingerprint density at radius 1 is 1.00 bits per heavy atom. The Balaban J connectivity index is 1.39. The fraction of sp³-hybridized carbons (Fsp3) is 0.250. The molecule has 4 rings (SSSR count). The summed E-state index contributed by atoms with van der Waals surface area (Å²) in [5, 5.41) is 6.00. The fourth-order valence-corrected chi connectivity index (χ4v) is 5.34. The van der Waals surface area contributed by atoms with E-state index in [1.807, 2.05) is 36.4 Å². The largest absolute Gasteiger partial charge is 0.497 e. The molecule has 0 saturated carbocycles. The van der Waals surface area contributed by atoms with Gasteiger partial charge >= 0.3 is 0 Å². The highest BCUT2D eigenvalue weighted by molar-refractivity contribution is 7.92. The first-order chi connectivity index (χ1) is 15.5. The molecule has 0 radical (unpaired) electrons. The Labute approximate surface area is 188 Å². The number of hydrogen-bond acceptors (Lipinski definition) is 7. The molecule has 2 aromatic carbocycles. The van der Waals surface area contributed by atoms with Gasteiger partial charge in [0.15, 0.2) is 9.84 Å². The van der Waals surface area contributed by atoms with Gasteiger partial charge in [-0.3, -0.25) is 0 Å². The van der Waals surface area contributed by atoms with E-state index in [0.29, 0.717) is 23.7 Å². The van der Waals surface area contributed by atoms with E-state index < -0.39 is 9.84 Å². The Hall–Kier alpha value is -3.23. The van der Waals surface area contributed by atoms with Crippen molar-refractivity contribution in [3.05, 3.63) is 72.1 Å². The smallest absolute Gasteiger partial charge is 0.227 e. The minimum Gasteiger partial charge on any atom is -0.497 e. The van der Waals surface area contributed by atoms with Crippen molar-refractivity contribution in [3.63, 3.8) is 0 Å². The van der Waals surface area contributed by atoms with Gasteiger partial charge in [0.25, 0.3) is 0 Å². The number of sulfone groups is 1. The zero-order chi connectivity index (χ0) is 22.4. The number of anilines is 2. The lowest BCUT2D eigenvalue weighted by molar-refractivity contribution is 0.414. The van der Waals surface area contributed by atoms with Crippen LogP contribution in [0.4, 0.5) is 11.6 Å². The van der Waals surface area contributed by atoms with E-state index in [1.54, 1.807) is 43.8 Å². The van der Waals surface area contributed by atoms with Crippen LogP contribution in [0.1, 0.15) is 24.0 Å². The quantitative estimate of drug-likeness (QED) is 0.563. The number of nitrogens with zero attached hydrogens (tertiary/aromatic N) is 2. The van der Waals surface area contributed by atoms with E-state index >= 15 is 0 Å². The Morgan fingerprint density at radius 3 is 2.38 bits per heavy atom. The lowest BCUT2D eigenvalue weighted by Crippen LogP contribution is -2.35. The Morgan fingerprint density at radius 2 is 1.69 bits per heavy atom. The molecule has 0 spiro atoms. The van der Waals surface area contributed by atoms with Crippen LogP contribution in [0.3, 0.4) is 0 Å². The number of hydrogen-bond donors (Lipinski definition) is 2. The van der Waals surface area contributed by atoms with Gasteiger partial charge in [-0.05, 0) is 67.9 Å². The SMILES string of the molecule is COc1cccc(/C=C/c2cnc(Nc3ccc(S(=O)(=O)C4CCNCC4)cc3)nc2)c1. The standard InChI is InChI=1S/C24H26N4O3S/c1-31-21-4-2-3-18(15-21)5-6-19-16-26-24(27-17-19)28-20-7-9-22(10-8-20)32(29,30)23-11-13-25-14-12-23/h2-10,15-17,23,25H,11-14H2,1H3,(H,26,27,28)/b6-5+. The van der Waals surface area contributed by atoms with Gasteiger partial charge in [-0.15, -0.1) is 0 Å². The number of nitrogens with one attached hydrogen (secondary N) is 2. The summed E-state index contributed by atoms with van der Waals surface area (Å²) in [4.78, 5) is 9.04. The highest BCUT2D eigenvalue weighted by atomic mass is 32.2. The molecule has 2 N–H and O–H groups in total. The zero-order valence-corrected chi connectivity index (χ0v) is 18.7. The minimum atomic E-state index is -3.31. The summed E-state index contributed by atoms with van der Waals surface area (Å²) in [5.74, 6) is 1.25. The second-order valence-corrected chi connectivity index (χ2v) is 9.82. The molecular formula is C24H26N4O3S. The van der Waals surface area contributed by atoms with Crippen molar-refractivity contribution in [2.75, 3.05) is 25.5 Å². The molecule has 8 heteroatoms. The van der Waals surface area contributed by atoms with Gasteiger partial charge in [0.1, 0.15) is 5.75 Å². The van der Waals surface area contributed by atoms with Crippen LogP contribution in [-0.4, -0.2) is 43.8 Å². The Kier molecular flexibility index (Phi) is 6.82. The summed E-state index contributed by atoms with van der Waals surface area (Å²) in [6.45, 7) is 1.48. The first-order valence-electron chi connectivity index (χ1n) is 10.5. The molecule has 1 aliphatic heterocycles. The van der Waals surface area contributed by atoms with Crippen molar-refractivity contribution < 1.29 is 13.2 Å². The van der Waals surface area contributed by atoms with Crippen molar-refractivity contribution in [2.24, 2.45) is 0 Å². The fourth-order valence-electron chi connectivity index (χ4n) is 3.58. The van der Waals surface area contributed by atoms with Crippen LogP contribution >= 0.6 is 0 Å². The van der Waals surface area contributed by atoms with Crippen LogP contribution in [0.25, 0.3) is 12.2 Å². The van der Waals surface area contributed by atoms with Crippen molar-refractivity contribution in [3.8, 4) is 5.75 Å². The van der Waals surface area contributed by atoms with Crippen molar-refractivity contribution in [1.82, 2.24) is 15.3 Å². The zero-order valence-electron chi connectivity index (χ0n) is 17.9. The van der Waals surface area contributed by atoms with Gasteiger partial charge in [-0.2, -0.15) is 0 Å². The van der Waals surface area contributed by atoms with E-state index in [-0.39, 0.29) is 5.25 Å². The topological polar surface area (TPSA) is 93.2 Å². The van der Waals surface area contributed by atoms with Crippen molar-refractivity contribution in [1.29, 1.82) is 0 Å². The molecule has 2 heterocycles. The molecule has 3 aromatic rings. The van der Waals surface area contributed by atoms with Crippen LogP contribution in [0.15, 0.2) is 65.8 Å². The predicted octanol–water partition coefficient (Wildman–Crippen LogP) is 3.92. The molecule has 1 fully saturated rings. The van der Waals surface area contributed by atoms with Crippen LogP contribution in [0.2, 0.25) is 0 Å². The Bertz CT molecular complexity index is 1170. The molecule has 0 aliphatic carbocycles. The maximum Gasteiger partial charge on any atom is 0.227 e. The maximum absolute atomic E-state index is 12.8. The molecule has 7 nitrogen and oxygen atoms in total. The van der Waals surface area contributed by atoms with E-state index in [1.165, 1.54) is 0 Å². The van der Waals surface area contributed by atoms with Gasteiger partial charge < -0.3 is 15.4 Å². The van der Waals surface area contributed by atoms with E-state index in [9.17, 15) is 8.42 Å². The minimum absolute atomic E-state index is 0.316. The lowest BCUT2D eigenvalue weighted by atomic mass is 10.2. The summed E-state index contributed by atoms with van der Waals surface area (Å²) in [7, 11) is -1.66. The maximum atomic E-state index is 12.8. The number of benzene rings is 2. The predicted molar refractivity (Wildman–Crippen MR) is 127 cm³/mol. The number of ether oxygens (including phenoxy) is 1. The number of piperidine rings is 1. The third-order valence-electron chi connectivity index (χ3n) is 5.40. The third-order valence-corrected chi connectivity index (χ3v) is 7.68. The van der Waals surface area contributed by atoms with Crippen LogP contribution in [0.5, 0.6) is 5.75 Å². The first-order valence-corrected chi connectivity index (χ1v) is 12.0. The second kappa shape index (κ2) is 9.93. The third kappa shape index (κ3) is 5.33. The summed E-state index contributed by atoms with van der Waals surface area (Å²) < 4.78 is 30.8. The lowest BCUT2D eigenvalue weighted by Gasteiger charge is -2.22. The highest BCUT2D eigenvalue weighted by Crippen LogP contribution is 2.24. The van der Waals surface area contributed by atoms with Crippen LogP contribution < -0.4 is 15.4 Å². The molecule has 1 saturated heterocycles. The van der Waals surface area contributed by atoms with E-state index in [2.05, 4.69) is 20.6 Å². The van der Waals surface area contributed by atoms with Gasteiger partial charge in [-0.1, -0.05) is 24.3 Å². The number of rotatable bonds is 7. The van der Waals surface area contributed by atoms with Crippen LogP contribution in [-0.2, 0) is 9.84 Å². The first kappa shape index (κ1) is 22.0. The monoisotopic (exact) mass is 450 g/mol. The molecule has 32 heavy (non-hydrogen) atoms. The summed E-state index contributed by atoms with van der Waals surface area (Å²) >= 11 is 0. The van der Waals surface area contributed by atoms with Gasteiger partial charge in [0, 0.05) is 23.6 Å². The summed E-state index contributed by atoms with van der Waals surface area (Å²) in [6, 6.07) is 14.5. The second-order valence-electron chi connectivity index (χ2n) is 7.59. The van der Waals surface area contributed by atoms with Crippen LogP contribution in [0, 0.1) is 0 Å². The molecule has 0 atom stereocenters. The molecule has 166 valence electrons. The van der Waals surface area contributed by atoms with E-state index in [4.69, 9.17) is 4.74 Å². The normalized spacial score (nSPS) is 15.0. The summed E-state index contributed by atoms with van der Waals surface area (Å²) in [6.07, 6.45) is 8.64. The van der Waals surface area contributed by atoms with E-state index in [0.717, 1.165) is 35.7 Å². The highest BCUT2D eigenvalue weighted by Gasteiger charge is 2.28.